The van der Waals surface area contributed by atoms with Crippen molar-refractivity contribution in [2.45, 2.75) is 19.4 Å². The molecule has 2 aromatic heterocycles. The summed E-state index contributed by atoms with van der Waals surface area (Å²) < 4.78 is 0.998. The molecular formula is C19H16N4O2S. The normalized spacial score (nSPS) is 14.2. The number of anilines is 1. The Kier molecular flexibility index (Phi) is 3.51. The van der Waals surface area contributed by atoms with Crippen molar-refractivity contribution in [1.82, 2.24) is 15.2 Å². The van der Waals surface area contributed by atoms with E-state index in [4.69, 9.17) is 0 Å². The van der Waals surface area contributed by atoms with Gasteiger partial charge in [0.15, 0.2) is 5.13 Å². The number of aliphatic hydroxyl groups is 1. The molecular weight excluding hydrogens is 348 g/mol. The molecule has 26 heavy (non-hydrogen) atoms. The summed E-state index contributed by atoms with van der Waals surface area (Å²) in [5.41, 5.74) is 4.61. The van der Waals surface area contributed by atoms with Gasteiger partial charge in [-0.25, -0.2) is 4.98 Å². The Labute approximate surface area is 152 Å². The first-order valence-electron chi connectivity index (χ1n) is 8.50. The van der Waals surface area contributed by atoms with Crippen LogP contribution in [0.15, 0.2) is 36.5 Å². The van der Waals surface area contributed by atoms with Crippen LogP contribution in [-0.4, -0.2) is 26.2 Å². The molecule has 2 heterocycles. The molecule has 0 atom stereocenters. The summed E-state index contributed by atoms with van der Waals surface area (Å²) in [7, 11) is 0. The van der Waals surface area contributed by atoms with Gasteiger partial charge in [-0.15, -0.1) is 0 Å². The number of hydrogen-bond donors (Lipinski definition) is 3. The number of thiazole rings is 1. The van der Waals surface area contributed by atoms with Crippen molar-refractivity contribution in [3.8, 4) is 11.1 Å². The lowest BCUT2D eigenvalue weighted by Crippen LogP contribution is -2.12. The lowest BCUT2D eigenvalue weighted by molar-refractivity contribution is -0.117. The Bertz CT molecular complexity index is 1140. The predicted molar refractivity (Wildman–Crippen MR) is 102 cm³/mol. The van der Waals surface area contributed by atoms with Gasteiger partial charge in [0.05, 0.1) is 28.5 Å². The first-order valence-corrected chi connectivity index (χ1v) is 9.32. The second-order valence-corrected chi connectivity index (χ2v) is 7.58. The first-order chi connectivity index (χ1) is 12.7. The van der Waals surface area contributed by atoms with Crippen LogP contribution < -0.4 is 5.32 Å². The number of aromatic nitrogens is 3. The molecule has 130 valence electrons. The molecule has 7 heteroatoms. The maximum atomic E-state index is 12.0. The molecule has 6 nitrogen and oxygen atoms in total. The molecule has 0 saturated heterocycles. The van der Waals surface area contributed by atoms with Crippen LogP contribution in [0.3, 0.4) is 0 Å². The molecule has 0 radical (unpaired) electrons. The zero-order chi connectivity index (χ0) is 17.7. The molecule has 2 aromatic carbocycles. The minimum Gasteiger partial charge on any atom is -0.392 e. The molecule has 3 N–H and O–H groups in total. The minimum atomic E-state index is -0.0418. The molecule has 1 saturated carbocycles. The number of nitrogens with one attached hydrogen (secondary N) is 2. The summed E-state index contributed by atoms with van der Waals surface area (Å²) in [4.78, 5) is 16.5. The van der Waals surface area contributed by atoms with Crippen LogP contribution in [-0.2, 0) is 11.4 Å². The second kappa shape index (κ2) is 5.89. The summed E-state index contributed by atoms with van der Waals surface area (Å²) in [6, 6.07) is 9.84. The Morgan fingerprint density at radius 3 is 3.00 bits per heavy atom. The fourth-order valence-corrected chi connectivity index (χ4v) is 4.13. The number of hydrogen-bond acceptors (Lipinski definition) is 5. The van der Waals surface area contributed by atoms with E-state index in [0.29, 0.717) is 5.13 Å². The first kappa shape index (κ1) is 15.5. The van der Waals surface area contributed by atoms with Crippen LogP contribution in [0.5, 0.6) is 0 Å². The Balaban J connectivity index is 1.59. The third kappa shape index (κ3) is 2.56. The van der Waals surface area contributed by atoms with Gasteiger partial charge in [0.25, 0.3) is 0 Å². The average Bonchev–Trinajstić information content (AvgIpc) is 3.26. The standard InChI is InChI=1S/C19H16N4O2S/c24-9-12-4-5-14-13(8-20-23-14)17(12)11-3-6-15-16(7-11)26-19(21-15)22-18(25)10-1-2-10/h3-8,10,24H,1-2,9H2,(H,20,23)(H,21,22,25). The maximum Gasteiger partial charge on any atom is 0.229 e. The van der Waals surface area contributed by atoms with E-state index in [2.05, 4.69) is 26.6 Å². The number of carbonyl (C=O) groups excluding carboxylic acids is 1. The van der Waals surface area contributed by atoms with Crippen molar-refractivity contribution in [1.29, 1.82) is 0 Å². The molecule has 0 unspecified atom stereocenters. The molecule has 4 aromatic rings. The lowest BCUT2D eigenvalue weighted by Gasteiger charge is -2.09. The van der Waals surface area contributed by atoms with Gasteiger partial charge in [-0.1, -0.05) is 23.5 Å². The zero-order valence-electron chi connectivity index (χ0n) is 13.8. The molecule has 1 aliphatic carbocycles. The van der Waals surface area contributed by atoms with Crippen LogP contribution in [0.25, 0.3) is 32.2 Å². The summed E-state index contributed by atoms with van der Waals surface area (Å²) >= 11 is 1.47. The van der Waals surface area contributed by atoms with E-state index in [1.807, 2.05) is 24.3 Å². The van der Waals surface area contributed by atoms with E-state index in [0.717, 1.165) is 50.7 Å². The highest BCUT2D eigenvalue weighted by Crippen LogP contribution is 2.36. The highest BCUT2D eigenvalue weighted by Gasteiger charge is 2.30. The quantitative estimate of drug-likeness (QED) is 0.515. The van der Waals surface area contributed by atoms with E-state index in [1.165, 1.54) is 11.3 Å². The molecule has 0 bridgehead atoms. The SMILES string of the molecule is O=C(Nc1nc2ccc(-c3c(CO)ccc4[nH]ncc34)cc2s1)C1CC1. The second-order valence-electron chi connectivity index (χ2n) is 6.55. The van der Waals surface area contributed by atoms with E-state index in [9.17, 15) is 9.90 Å². The molecule has 0 spiro atoms. The molecule has 1 aliphatic rings. The summed E-state index contributed by atoms with van der Waals surface area (Å²) in [5.74, 6) is 0.221. The molecule has 1 amide bonds. The number of H-pyrrole nitrogens is 1. The number of aliphatic hydroxyl groups excluding tert-OH is 1. The van der Waals surface area contributed by atoms with Crippen molar-refractivity contribution in [3.05, 3.63) is 42.1 Å². The molecule has 5 rings (SSSR count). The number of carbonyl (C=O) groups is 1. The fraction of sp³-hybridized carbons (Fsp3) is 0.211. The predicted octanol–water partition coefficient (Wildman–Crippen LogP) is 3.68. The smallest absolute Gasteiger partial charge is 0.229 e. The third-order valence-electron chi connectivity index (χ3n) is 4.74. The van der Waals surface area contributed by atoms with Gasteiger partial charge in [0, 0.05) is 11.3 Å². The highest BCUT2D eigenvalue weighted by molar-refractivity contribution is 7.22. The summed E-state index contributed by atoms with van der Waals surface area (Å²) in [6.45, 7) is -0.0418. The van der Waals surface area contributed by atoms with E-state index < -0.39 is 0 Å². The highest BCUT2D eigenvalue weighted by atomic mass is 32.1. The fourth-order valence-electron chi connectivity index (χ4n) is 3.22. The average molecular weight is 364 g/mol. The Morgan fingerprint density at radius 2 is 2.19 bits per heavy atom. The van der Waals surface area contributed by atoms with E-state index in [1.54, 1.807) is 6.20 Å². The van der Waals surface area contributed by atoms with E-state index >= 15 is 0 Å². The summed E-state index contributed by atoms with van der Waals surface area (Å²) in [5, 5.41) is 21.4. The number of aromatic amines is 1. The molecule has 1 fully saturated rings. The number of fused-ring (bicyclic) bond motifs is 2. The number of rotatable bonds is 4. The van der Waals surface area contributed by atoms with Crippen molar-refractivity contribution >= 4 is 43.5 Å². The maximum absolute atomic E-state index is 12.0. The molecule has 0 aliphatic heterocycles. The zero-order valence-corrected chi connectivity index (χ0v) is 14.6. The Hall–Kier alpha value is -2.77. The van der Waals surface area contributed by atoms with Gasteiger partial charge in [-0.3, -0.25) is 9.89 Å². The van der Waals surface area contributed by atoms with Gasteiger partial charge >= 0.3 is 0 Å². The Morgan fingerprint density at radius 1 is 1.31 bits per heavy atom. The van der Waals surface area contributed by atoms with Crippen LogP contribution in [0.2, 0.25) is 0 Å². The van der Waals surface area contributed by atoms with Gasteiger partial charge in [0.2, 0.25) is 5.91 Å². The van der Waals surface area contributed by atoms with Crippen LogP contribution in [0.1, 0.15) is 18.4 Å². The summed E-state index contributed by atoms with van der Waals surface area (Å²) in [6.07, 6.45) is 3.72. The van der Waals surface area contributed by atoms with Gasteiger partial charge in [-0.05, 0) is 47.7 Å². The van der Waals surface area contributed by atoms with Crippen molar-refractivity contribution in [2.24, 2.45) is 5.92 Å². The van der Waals surface area contributed by atoms with Gasteiger partial charge < -0.3 is 10.4 Å². The van der Waals surface area contributed by atoms with Crippen molar-refractivity contribution in [2.75, 3.05) is 5.32 Å². The van der Waals surface area contributed by atoms with Crippen LogP contribution in [0, 0.1) is 5.92 Å². The topological polar surface area (TPSA) is 90.9 Å². The third-order valence-corrected chi connectivity index (χ3v) is 5.67. The monoisotopic (exact) mass is 364 g/mol. The van der Waals surface area contributed by atoms with Crippen molar-refractivity contribution < 1.29 is 9.90 Å². The number of benzene rings is 2. The van der Waals surface area contributed by atoms with E-state index in [-0.39, 0.29) is 18.4 Å². The largest absolute Gasteiger partial charge is 0.392 e. The van der Waals surface area contributed by atoms with Gasteiger partial charge in [-0.2, -0.15) is 5.10 Å². The van der Waals surface area contributed by atoms with Crippen LogP contribution >= 0.6 is 11.3 Å². The minimum absolute atomic E-state index is 0.0418. The lowest BCUT2D eigenvalue weighted by atomic mass is 9.96. The van der Waals surface area contributed by atoms with Crippen molar-refractivity contribution in [3.63, 3.8) is 0 Å². The van der Waals surface area contributed by atoms with Gasteiger partial charge in [0.1, 0.15) is 0 Å². The van der Waals surface area contributed by atoms with Crippen LogP contribution in [0.4, 0.5) is 5.13 Å². The number of amides is 1. The number of nitrogens with zero attached hydrogens (tertiary/aromatic N) is 2.